The Morgan fingerprint density at radius 1 is 1.27 bits per heavy atom. The fraction of sp³-hybridized carbons (Fsp3) is 0.222. The Hall–Kier alpha value is -3.42. The van der Waals surface area contributed by atoms with E-state index in [4.69, 9.17) is 9.26 Å². The molecule has 0 bridgehead atoms. The lowest BCUT2D eigenvalue weighted by Crippen LogP contribution is -2.36. The number of hydrogen-bond donors (Lipinski definition) is 2. The smallest absolute Gasteiger partial charge is 0.274 e. The van der Waals surface area contributed by atoms with Crippen molar-refractivity contribution in [2.45, 2.75) is 18.4 Å². The normalized spacial score (nSPS) is 14.7. The van der Waals surface area contributed by atoms with Crippen molar-refractivity contribution in [3.63, 3.8) is 0 Å². The molecule has 0 saturated heterocycles. The number of hydrogen-bond acceptors (Lipinski definition) is 7. The Balaban J connectivity index is 1.57. The number of nitrogens with one attached hydrogen (secondary N) is 1. The zero-order valence-electron chi connectivity index (χ0n) is 14.0. The van der Waals surface area contributed by atoms with Crippen LogP contribution < -0.4 is 10.1 Å². The van der Waals surface area contributed by atoms with Crippen LogP contribution in [0.15, 0.2) is 47.1 Å². The monoisotopic (exact) mass is 352 g/mol. The maximum Gasteiger partial charge on any atom is 0.274 e. The highest BCUT2D eigenvalue weighted by molar-refractivity contribution is 5.96. The minimum atomic E-state index is -0.704. The number of benzene rings is 1. The summed E-state index contributed by atoms with van der Waals surface area (Å²) in [4.78, 5) is 20.9. The van der Waals surface area contributed by atoms with Gasteiger partial charge in [0.2, 0.25) is 0 Å². The molecule has 8 heteroatoms. The summed E-state index contributed by atoms with van der Waals surface area (Å²) < 4.78 is 10.3. The zero-order chi connectivity index (χ0) is 18.1. The van der Waals surface area contributed by atoms with Gasteiger partial charge in [-0.1, -0.05) is 23.4 Å². The van der Waals surface area contributed by atoms with E-state index in [2.05, 4.69) is 20.4 Å². The molecular formula is C18H16N4O4. The molecule has 1 aliphatic rings. The molecule has 26 heavy (non-hydrogen) atoms. The maximum atomic E-state index is 12.6. The Morgan fingerprint density at radius 3 is 2.73 bits per heavy atom. The Bertz CT molecular complexity index is 951. The number of aromatic nitrogens is 3. The molecule has 2 aromatic heterocycles. The first kappa shape index (κ1) is 16.1. The number of pyridine rings is 1. The quantitative estimate of drug-likeness (QED) is 0.724. The standard InChI is InChI=1S/C18H16N4O4/c1-25-12-7-10-19-13(14(12)23)15(24)21-18(8-9-18)17-20-16(26-22-17)11-5-3-2-4-6-11/h2-7,10,23H,8-9H2,1H3,(H,21,24). The van der Waals surface area contributed by atoms with Crippen LogP contribution in [0, 0.1) is 0 Å². The van der Waals surface area contributed by atoms with Crippen molar-refractivity contribution < 1.29 is 19.2 Å². The van der Waals surface area contributed by atoms with Gasteiger partial charge in [0.05, 0.1) is 7.11 Å². The van der Waals surface area contributed by atoms with Crippen LogP contribution in [0.4, 0.5) is 0 Å². The Morgan fingerprint density at radius 2 is 2.04 bits per heavy atom. The van der Waals surface area contributed by atoms with Gasteiger partial charge in [-0.05, 0) is 25.0 Å². The lowest BCUT2D eigenvalue weighted by molar-refractivity contribution is 0.0919. The first-order valence-electron chi connectivity index (χ1n) is 8.07. The van der Waals surface area contributed by atoms with Gasteiger partial charge >= 0.3 is 0 Å². The number of carbonyl (C=O) groups is 1. The molecule has 0 unspecified atom stereocenters. The minimum Gasteiger partial charge on any atom is -0.503 e. The molecule has 3 aromatic rings. The van der Waals surface area contributed by atoms with Gasteiger partial charge in [0, 0.05) is 17.8 Å². The van der Waals surface area contributed by atoms with Gasteiger partial charge in [-0.2, -0.15) is 4.98 Å². The van der Waals surface area contributed by atoms with Crippen LogP contribution in [-0.4, -0.2) is 33.2 Å². The van der Waals surface area contributed by atoms with Crippen molar-refractivity contribution in [3.05, 3.63) is 54.1 Å². The highest BCUT2D eigenvalue weighted by Gasteiger charge is 2.50. The van der Waals surface area contributed by atoms with Crippen molar-refractivity contribution in [1.29, 1.82) is 0 Å². The minimum absolute atomic E-state index is 0.109. The molecule has 0 aliphatic heterocycles. The molecule has 2 heterocycles. The van der Waals surface area contributed by atoms with Gasteiger partial charge in [-0.15, -0.1) is 0 Å². The third kappa shape index (κ3) is 2.75. The van der Waals surface area contributed by atoms with Gasteiger partial charge in [0.25, 0.3) is 11.8 Å². The average Bonchev–Trinajstić information content (AvgIpc) is 3.27. The topological polar surface area (TPSA) is 110 Å². The third-order valence-electron chi connectivity index (χ3n) is 4.30. The molecule has 2 N–H and O–H groups in total. The van der Waals surface area contributed by atoms with Crippen LogP contribution in [0.3, 0.4) is 0 Å². The molecule has 1 amide bonds. The van der Waals surface area contributed by atoms with E-state index in [9.17, 15) is 9.90 Å². The Labute approximate surface area is 148 Å². The third-order valence-corrected chi connectivity index (χ3v) is 4.30. The summed E-state index contributed by atoms with van der Waals surface area (Å²) in [5.41, 5.74) is -0.00644. The molecule has 132 valence electrons. The summed E-state index contributed by atoms with van der Waals surface area (Å²) in [6.45, 7) is 0. The predicted molar refractivity (Wildman–Crippen MR) is 90.6 cm³/mol. The van der Waals surface area contributed by atoms with Crippen molar-refractivity contribution >= 4 is 5.91 Å². The molecular weight excluding hydrogens is 336 g/mol. The summed E-state index contributed by atoms with van der Waals surface area (Å²) in [5.74, 6) is 0.155. The molecule has 1 aromatic carbocycles. The lowest BCUT2D eigenvalue weighted by Gasteiger charge is -2.14. The molecule has 0 radical (unpaired) electrons. The molecule has 8 nitrogen and oxygen atoms in total. The summed E-state index contributed by atoms with van der Waals surface area (Å²) in [7, 11) is 1.41. The number of rotatable bonds is 5. The van der Waals surface area contributed by atoms with Crippen LogP contribution in [-0.2, 0) is 5.54 Å². The van der Waals surface area contributed by atoms with E-state index in [0.29, 0.717) is 24.6 Å². The first-order chi connectivity index (χ1) is 12.6. The number of ether oxygens (including phenoxy) is 1. The molecule has 0 atom stereocenters. The van der Waals surface area contributed by atoms with Crippen LogP contribution in [0.1, 0.15) is 29.2 Å². The summed E-state index contributed by atoms with van der Waals surface area (Å²) >= 11 is 0. The number of nitrogens with zero attached hydrogens (tertiary/aromatic N) is 3. The van der Waals surface area contributed by atoms with E-state index in [-0.39, 0.29) is 17.2 Å². The molecule has 1 saturated carbocycles. The number of methoxy groups -OCH3 is 1. The van der Waals surface area contributed by atoms with E-state index in [0.717, 1.165) is 5.56 Å². The highest BCUT2D eigenvalue weighted by Crippen LogP contribution is 2.45. The van der Waals surface area contributed by atoms with E-state index >= 15 is 0 Å². The van der Waals surface area contributed by atoms with Crippen molar-refractivity contribution in [3.8, 4) is 23.0 Å². The second kappa shape index (κ2) is 6.14. The largest absolute Gasteiger partial charge is 0.503 e. The fourth-order valence-electron chi connectivity index (χ4n) is 2.69. The van der Waals surface area contributed by atoms with Crippen molar-refractivity contribution in [2.75, 3.05) is 7.11 Å². The predicted octanol–water partition coefficient (Wildman–Crippen LogP) is 2.26. The van der Waals surface area contributed by atoms with Crippen LogP contribution in [0.5, 0.6) is 11.5 Å². The van der Waals surface area contributed by atoms with Gasteiger partial charge in [-0.25, -0.2) is 4.98 Å². The first-order valence-corrected chi connectivity index (χ1v) is 8.07. The van der Waals surface area contributed by atoms with Gasteiger partial charge < -0.3 is 19.7 Å². The van der Waals surface area contributed by atoms with E-state index in [1.165, 1.54) is 19.4 Å². The summed E-state index contributed by atoms with van der Waals surface area (Å²) in [5, 5.41) is 17.0. The van der Waals surface area contributed by atoms with Crippen LogP contribution in [0.2, 0.25) is 0 Å². The summed E-state index contributed by atoms with van der Waals surface area (Å²) in [6, 6.07) is 10.9. The average molecular weight is 352 g/mol. The SMILES string of the molecule is COc1ccnc(C(=O)NC2(c3noc(-c4ccccc4)n3)CC2)c1O. The van der Waals surface area contributed by atoms with E-state index in [1.54, 1.807) is 0 Å². The molecule has 0 spiro atoms. The Kier molecular flexibility index (Phi) is 3.80. The van der Waals surface area contributed by atoms with Gasteiger partial charge in [0.1, 0.15) is 5.54 Å². The maximum absolute atomic E-state index is 12.6. The second-order valence-corrected chi connectivity index (χ2v) is 6.04. The van der Waals surface area contributed by atoms with Crippen molar-refractivity contribution in [1.82, 2.24) is 20.4 Å². The zero-order valence-corrected chi connectivity index (χ0v) is 14.0. The lowest BCUT2D eigenvalue weighted by atomic mass is 10.2. The number of carbonyl (C=O) groups excluding carboxylic acids is 1. The number of amides is 1. The molecule has 1 aliphatic carbocycles. The highest BCUT2D eigenvalue weighted by atomic mass is 16.5. The second-order valence-electron chi connectivity index (χ2n) is 6.04. The number of aromatic hydroxyl groups is 1. The van der Waals surface area contributed by atoms with Crippen molar-refractivity contribution in [2.24, 2.45) is 0 Å². The molecule has 4 rings (SSSR count). The van der Waals surface area contributed by atoms with Gasteiger partial charge in [0.15, 0.2) is 23.0 Å². The molecule has 1 fully saturated rings. The van der Waals surface area contributed by atoms with Gasteiger partial charge in [-0.3, -0.25) is 4.79 Å². The van der Waals surface area contributed by atoms with Crippen LogP contribution >= 0.6 is 0 Å². The fourth-order valence-corrected chi connectivity index (χ4v) is 2.69. The van der Waals surface area contributed by atoms with E-state index in [1.807, 2.05) is 30.3 Å². The van der Waals surface area contributed by atoms with Crippen LogP contribution in [0.25, 0.3) is 11.5 Å². The summed E-state index contributed by atoms with van der Waals surface area (Å²) in [6.07, 6.45) is 2.75. The van der Waals surface area contributed by atoms with E-state index < -0.39 is 11.4 Å².